The minimum absolute atomic E-state index is 0.280. The Morgan fingerprint density at radius 3 is 2.86 bits per heavy atom. The van der Waals surface area contributed by atoms with Crippen LogP contribution in [0.5, 0.6) is 0 Å². The molecule has 1 saturated heterocycles. The Labute approximate surface area is 137 Å². The van der Waals surface area contributed by atoms with E-state index in [9.17, 15) is 18.5 Å². The number of nitrogens with one attached hydrogen (secondary N) is 2. The highest BCUT2D eigenvalue weighted by molar-refractivity contribution is 9.10. The Balaban J connectivity index is 2.05. The smallest absolute Gasteiger partial charge is 0.290 e. The van der Waals surface area contributed by atoms with E-state index < -0.39 is 20.6 Å². The molecule has 1 atom stereocenters. The maximum Gasteiger partial charge on any atom is 0.290 e. The topological polar surface area (TPSA) is 101 Å². The van der Waals surface area contributed by atoms with Crippen molar-refractivity contribution in [3.63, 3.8) is 0 Å². The maximum absolute atomic E-state index is 12.3. The Kier molecular flexibility index (Phi) is 5.90. The first kappa shape index (κ1) is 17.3. The van der Waals surface area contributed by atoms with Crippen LogP contribution in [0.15, 0.2) is 27.6 Å². The molecule has 1 aliphatic rings. The van der Waals surface area contributed by atoms with Crippen LogP contribution in [0.3, 0.4) is 0 Å². The van der Waals surface area contributed by atoms with Crippen LogP contribution >= 0.6 is 15.9 Å². The highest BCUT2D eigenvalue weighted by atomic mass is 79.9. The first-order chi connectivity index (χ1) is 10.4. The molecule has 0 spiro atoms. The summed E-state index contributed by atoms with van der Waals surface area (Å²) in [6.07, 6.45) is 2.89. The highest BCUT2D eigenvalue weighted by Gasteiger charge is 2.26. The van der Waals surface area contributed by atoms with Gasteiger partial charge in [-0.15, -0.1) is 0 Å². The third-order valence-corrected chi connectivity index (χ3v) is 5.65. The van der Waals surface area contributed by atoms with Crippen LogP contribution < -0.4 is 10.0 Å². The van der Waals surface area contributed by atoms with Gasteiger partial charge in [0.1, 0.15) is 0 Å². The summed E-state index contributed by atoms with van der Waals surface area (Å²) in [5, 5.41) is 14.3. The summed E-state index contributed by atoms with van der Waals surface area (Å²) in [7, 11) is -3.89. The molecule has 1 unspecified atom stereocenters. The summed E-state index contributed by atoms with van der Waals surface area (Å²) >= 11 is 3.11. The van der Waals surface area contributed by atoms with Gasteiger partial charge in [0.15, 0.2) is 4.90 Å². The number of sulfonamides is 1. The van der Waals surface area contributed by atoms with Gasteiger partial charge in [-0.1, -0.05) is 15.9 Å². The molecule has 2 N–H and O–H groups in total. The van der Waals surface area contributed by atoms with Crippen molar-refractivity contribution in [3.8, 4) is 0 Å². The average molecular weight is 392 g/mol. The van der Waals surface area contributed by atoms with E-state index in [2.05, 4.69) is 26.0 Å². The lowest BCUT2D eigenvalue weighted by atomic mass is 9.96. The number of nitro groups is 1. The van der Waals surface area contributed by atoms with Gasteiger partial charge in [-0.3, -0.25) is 10.1 Å². The molecule has 1 aromatic rings. The monoisotopic (exact) mass is 391 g/mol. The van der Waals surface area contributed by atoms with Crippen LogP contribution in [0.4, 0.5) is 5.69 Å². The van der Waals surface area contributed by atoms with Crippen LogP contribution in [0.2, 0.25) is 0 Å². The van der Waals surface area contributed by atoms with Crippen LogP contribution in [0.25, 0.3) is 0 Å². The predicted octanol–water partition coefficient (Wildman–Crippen LogP) is 2.03. The molecular weight excluding hydrogens is 374 g/mol. The number of benzene rings is 1. The number of rotatable bonds is 6. The number of nitro benzene ring substituents is 1. The lowest BCUT2D eigenvalue weighted by Crippen LogP contribution is -2.33. The van der Waals surface area contributed by atoms with Crippen molar-refractivity contribution in [1.82, 2.24) is 10.0 Å². The van der Waals surface area contributed by atoms with E-state index in [4.69, 9.17) is 0 Å². The number of hydrogen-bond acceptors (Lipinski definition) is 5. The Bertz CT molecular complexity index is 645. The fraction of sp³-hybridized carbons (Fsp3) is 0.538. The molecule has 122 valence electrons. The van der Waals surface area contributed by atoms with Gasteiger partial charge in [0, 0.05) is 17.1 Å². The van der Waals surface area contributed by atoms with E-state index in [-0.39, 0.29) is 11.4 Å². The summed E-state index contributed by atoms with van der Waals surface area (Å²) < 4.78 is 27.5. The second-order valence-electron chi connectivity index (χ2n) is 5.27. The van der Waals surface area contributed by atoms with Crippen molar-refractivity contribution < 1.29 is 13.3 Å². The molecule has 0 amide bonds. The van der Waals surface area contributed by atoms with Crippen molar-refractivity contribution in [2.24, 2.45) is 5.92 Å². The van der Waals surface area contributed by atoms with Gasteiger partial charge in [0.05, 0.1) is 4.92 Å². The largest absolute Gasteiger partial charge is 0.316 e. The molecule has 9 heteroatoms. The van der Waals surface area contributed by atoms with Gasteiger partial charge in [0.2, 0.25) is 10.0 Å². The molecule has 1 fully saturated rings. The molecule has 0 radical (unpaired) electrons. The second-order valence-corrected chi connectivity index (χ2v) is 7.92. The first-order valence-corrected chi connectivity index (χ1v) is 9.32. The quantitative estimate of drug-likeness (QED) is 0.570. The third kappa shape index (κ3) is 4.48. The molecule has 0 saturated carbocycles. The van der Waals surface area contributed by atoms with Crippen LogP contribution in [-0.4, -0.2) is 33.0 Å². The van der Waals surface area contributed by atoms with E-state index in [1.165, 1.54) is 18.2 Å². The maximum atomic E-state index is 12.3. The van der Waals surface area contributed by atoms with Gasteiger partial charge < -0.3 is 5.32 Å². The van der Waals surface area contributed by atoms with Crippen LogP contribution in [0, 0.1) is 16.0 Å². The number of nitrogens with zero attached hydrogens (tertiary/aromatic N) is 1. The number of hydrogen-bond donors (Lipinski definition) is 2. The molecule has 1 aliphatic heterocycles. The minimum atomic E-state index is -3.89. The second kappa shape index (κ2) is 7.49. The summed E-state index contributed by atoms with van der Waals surface area (Å²) in [6, 6.07) is 3.92. The Hall–Kier alpha value is -1.03. The van der Waals surface area contributed by atoms with E-state index in [0.717, 1.165) is 32.4 Å². The third-order valence-electron chi connectivity index (χ3n) is 3.65. The predicted molar refractivity (Wildman–Crippen MR) is 86.2 cm³/mol. The summed E-state index contributed by atoms with van der Waals surface area (Å²) in [5.41, 5.74) is -0.429. The highest BCUT2D eigenvalue weighted by Crippen LogP contribution is 2.27. The van der Waals surface area contributed by atoms with Gasteiger partial charge in [-0.25, -0.2) is 13.1 Å². The van der Waals surface area contributed by atoms with Gasteiger partial charge >= 0.3 is 0 Å². The molecule has 0 bridgehead atoms. The first-order valence-electron chi connectivity index (χ1n) is 7.04. The van der Waals surface area contributed by atoms with E-state index >= 15 is 0 Å². The van der Waals surface area contributed by atoms with E-state index in [1.54, 1.807) is 0 Å². The van der Waals surface area contributed by atoms with Crippen LogP contribution in [-0.2, 0) is 10.0 Å². The molecule has 2 rings (SSSR count). The zero-order valence-electron chi connectivity index (χ0n) is 11.9. The molecule has 7 nitrogen and oxygen atoms in total. The number of halogens is 1. The summed E-state index contributed by atoms with van der Waals surface area (Å²) in [4.78, 5) is 10.0. The summed E-state index contributed by atoms with van der Waals surface area (Å²) in [5.74, 6) is 0.441. The fourth-order valence-corrected chi connectivity index (χ4v) is 4.05. The van der Waals surface area contributed by atoms with Crippen molar-refractivity contribution in [2.75, 3.05) is 19.6 Å². The van der Waals surface area contributed by atoms with Gasteiger partial charge in [-0.05, 0) is 50.4 Å². The molecular formula is C13H18BrN3O4S. The van der Waals surface area contributed by atoms with Gasteiger partial charge in [-0.2, -0.15) is 0 Å². The molecule has 1 aromatic carbocycles. The molecule has 22 heavy (non-hydrogen) atoms. The Morgan fingerprint density at radius 2 is 2.23 bits per heavy atom. The fourth-order valence-electron chi connectivity index (χ4n) is 2.51. The van der Waals surface area contributed by atoms with Crippen molar-refractivity contribution in [1.29, 1.82) is 0 Å². The zero-order valence-corrected chi connectivity index (χ0v) is 14.3. The van der Waals surface area contributed by atoms with E-state index in [1.807, 2.05) is 0 Å². The van der Waals surface area contributed by atoms with Crippen LogP contribution in [0.1, 0.15) is 19.3 Å². The van der Waals surface area contributed by atoms with Crippen molar-refractivity contribution in [2.45, 2.75) is 24.2 Å². The standard InChI is InChI=1S/C13H18BrN3O4S/c14-11-3-4-13(12(8-11)17(18)19)22(20,21)16-7-5-10-2-1-6-15-9-10/h3-4,8,10,15-16H,1-2,5-7,9H2. The van der Waals surface area contributed by atoms with Gasteiger partial charge in [0.25, 0.3) is 5.69 Å². The Morgan fingerprint density at radius 1 is 1.45 bits per heavy atom. The lowest BCUT2D eigenvalue weighted by molar-refractivity contribution is -0.387. The molecule has 0 aliphatic carbocycles. The van der Waals surface area contributed by atoms with Crippen molar-refractivity contribution >= 4 is 31.6 Å². The van der Waals surface area contributed by atoms with Crippen molar-refractivity contribution in [3.05, 3.63) is 32.8 Å². The molecule has 0 aromatic heterocycles. The lowest BCUT2D eigenvalue weighted by Gasteiger charge is -2.22. The zero-order chi connectivity index (χ0) is 16.2. The molecule has 1 heterocycles. The average Bonchev–Trinajstić information content (AvgIpc) is 2.47. The minimum Gasteiger partial charge on any atom is -0.316 e. The summed E-state index contributed by atoms with van der Waals surface area (Å²) in [6.45, 7) is 2.18. The number of piperidine rings is 1. The van der Waals surface area contributed by atoms with E-state index in [0.29, 0.717) is 10.4 Å². The normalized spacial score (nSPS) is 19.0. The SMILES string of the molecule is O=[N+]([O-])c1cc(Br)ccc1S(=O)(=O)NCCC1CCCNC1.